The molecule has 0 radical (unpaired) electrons. The summed E-state index contributed by atoms with van der Waals surface area (Å²) in [6.07, 6.45) is 4.16. The summed E-state index contributed by atoms with van der Waals surface area (Å²) < 4.78 is 0. The first-order valence-corrected chi connectivity index (χ1v) is 6.85. The number of rotatable bonds is 7. The molecule has 0 aliphatic heterocycles. The Morgan fingerprint density at radius 2 is 1.94 bits per heavy atom. The molecule has 1 amide bonds. The summed E-state index contributed by atoms with van der Waals surface area (Å²) in [6.45, 7) is 8.41. The van der Waals surface area contributed by atoms with E-state index in [1.54, 1.807) is 0 Å². The van der Waals surface area contributed by atoms with E-state index in [-0.39, 0.29) is 16.7 Å². The van der Waals surface area contributed by atoms with E-state index >= 15 is 0 Å². The van der Waals surface area contributed by atoms with Crippen molar-refractivity contribution in [1.82, 2.24) is 10.2 Å². The average Bonchev–Trinajstić information content (AvgIpc) is 2.92. The zero-order valence-corrected chi connectivity index (χ0v) is 12.1. The Kier molecular flexibility index (Phi) is 4.59. The maximum atomic E-state index is 12.3. The maximum Gasteiger partial charge on any atom is 0.226 e. The molecule has 2 unspecified atom stereocenters. The second-order valence-corrected chi connectivity index (χ2v) is 5.94. The Morgan fingerprint density at radius 3 is 2.35 bits per heavy atom. The fourth-order valence-electron chi connectivity index (χ4n) is 2.92. The van der Waals surface area contributed by atoms with Crippen molar-refractivity contribution in [3.05, 3.63) is 0 Å². The number of hydrogen-bond acceptors (Lipinski definition) is 2. The number of hydrogen-bond donors (Lipinski definition) is 1. The molecule has 1 aliphatic carbocycles. The lowest BCUT2D eigenvalue weighted by atomic mass is 9.89. The summed E-state index contributed by atoms with van der Waals surface area (Å²) in [6, 6.07) is 0. The molecule has 0 spiro atoms. The van der Waals surface area contributed by atoms with E-state index < -0.39 is 0 Å². The quantitative estimate of drug-likeness (QED) is 0.692. The number of carbonyl (C=O) groups excluding carboxylic acids is 1. The van der Waals surface area contributed by atoms with E-state index in [0.717, 1.165) is 38.8 Å². The van der Waals surface area contributed by atoms with E-state index in [2.05, 4.69) is 45.1 Å². The van der Waals surface area contributed by atoms with Gasteiger partial charge in [0.1, 0.15) is 0 Å². The summed E-state index contributed by atoms with van der Waals surface area (Å²) in [5, 5.41) is 3.12. The SMILES string of the molecule is CCC1(C)CC1(CC)C(=O)NCCCN(C)C. The van der Waals surface area contributed by atoms with Crippen molar-refractivity contribution in [3.63, 3.8) is 0 Å². The van der Waals surface area contributed by atoms with Gasteiger partial charge in [-0.3, -0.25) is 4.79 Å². The summed E-state index contributed by atoms with van der Waals surface area (Å²) in [4.78, 5) is 14.4. The molecule has 0 heterocycles. The van der Waals surface area contributed by atoms with Gasteiger partial charge in [-0.1, -0.05) is 20.8 Å². The molecule has 2 atom stereocenters. The van der Waals surface area contributed by atoms with Crippen molar-refractivity contribution < 1.29 is 4.79 Å². The molecule has 17 heavy (non-hydrogen) atoms. The molecule has 3 heteroatoms. The van der Waals surface area contributed by atoms with Gasteiger partial charge < -0.3 is 10.2 Å². The molecule has 0 saturated heterocycles. The molecule has 1 N–H and O–H groups in total. The maximum absolute atomic E-state index is 12.3. The number of nitrogens with zero attached hydrogens (tertiary/aromatic N) is 1. The molecule has 1 fully saturated rings. The zero-order chi connectivity index (χ0) is 13.1. The van der Waals surface area contributed by atoms with Gasteiger partial charge in [0.15, 0.2) is 0 Å². The van der Waals surface area contributed by atoms with Crippen LogP contribution in [-0.2, 0) is 4.79 Å². The Labute approximate surface area is 106 Å². The number of carbonyl (C=O) groups is 1. The Balaban J connectivity index is 2.38. The third-order valence-electron chi connectivity index (χ3n) is 4.61. The van der Waals surface area contributed by atoms with E-state index in [4.69, 9.17) is 0 Å². The van der Waals surface area contributed by atoms with Crippen LogP contribution in [0.3, 0.4) is 0 Å². The molecule has 1 aliphatic rings. The van der Waals surface area contributed by atoms with Gasteiger partial charge in [0.05, 0.1) is 5.41 Å². The van der Waals surface area contributed by atoms with Gasteiger partial charge >= 0.3 is 0 Å². The van der Waals surface area contributed by atoms with E-state index in [9.17, 15) is 4.79 Å². The smallest absolute Gasteiger partial charge is 0.226 e. The third-order valence-corrected chi connectivity index (χ3v) is 4.61. The number of amides is 1. The molecular weight excluding hydrogens is 212 g/mol. The van der Waals surface area contributed by atoms with Gasteiger partial charge in [-0.05, 0) is 51.7 Å². The molecule has 0 aromatic rings. The second-order valence-electron chi connectivity index (χ2n) is 5.94. The molecule has 100 valence electrons. The third kappa shape index (κ3) is 2.82. The molecule has 0 bridgehead atoms. The lowest BCUT2D eigenvalue weighted by Crippen LogP contribution is -2.36. The monoisotopic (exact) mass is 240 g/mol. The molecule has 1 saturated carbocycles. The van der Waals surface area contributed by atoms with Crippen LogP contribution < -0.4 is 5.32 Å². The summed E-state index contributed by atoms with van der Waals surface area (Å²) in [5.74, 6) is 0.281. The summed E-state index contributed by atoms with van der Waals surface area (Å²) in [5.41, 5.74) is 0.174. The minimum Gasteiger partial charge on any atom is -0.356 e. The van der Waals surface area contributed by atoms with Gasteiger partial charge in [-0.15, -0.1) is 0 Å². The summed E-state index contributed by atoms with van der Waals surface area (Å²) >= 11 is 0. The van der Waals surface area contributed by atoms with Crippen LogP contribution in [0.1, 0.15) is 46.5 Å². The first-order chi connectivity index (χ1) is 7.92. The van der Waals surface area contributed by atoms with Crippen LogP contribution in [0.15, 0.2) is 0 Å². The highest BCUT2D eigenvalue weighted by atomic mass is 16.2. The van der Waals surface area contributed by atoms with Crippen molar-refractivity contribution in [1.29, 1.82) is 0 Å². The van der Waals surface area contributed by atoms with E-state index in [1.807, 2.05) is 0 Å². The Bertz CT molecular complexity index is 277. The lowest BCUT2D eigenvalue weighted by molar-refractivity contribution is -0.127. The van der Waals surface area contributed by atoms with Crippen molar-refractivity contribution >= 4 is 5.91 Å². The minimum absolute atomic E-state index is 0.0696. The normalized spacial score (nSPS) is 31.6. The van der Waals surface area contributed by atoms with Gasteiger partial charge in [-0.25, -0.2) is 0 Å². The molecule has 0 aromatic carbocycles. The van der Waals surface area contributed by atoms with Crippen LogP contribution in [0.2, 0.25) is 0 Å². The fourth-order valence-corrected chi connectivity index (χ4v) is 2.92. The van der Waals surface area contributed by atoms with Crippen molar-refractivity contribution in [2.75, 3.05) is 27.2 Å². The van der Waals surface area contributed by atoms with Crippen LogP contribution in [0, 0.1) is 10.8 Å². The van der Waals surface area contributed by atoms with Crippen LogP contribution in [0.25, 0.3) is 0 Å². The highest BCUT2D eigenvalue weighted by Gasteiger charge is 2.66. The molecular formula is C14H28N2O. The first kappa shape index (κ1) is 14.5. The highest BCUT2D eigenvalue weighted by Crippen LogP contribution is 2.67. The highest BCUT2D eigenvalue weighted by molar-refractivity contribution is 5.86. The van der Waals surface area contributed by atoms with Crippen molar-refractivity contribution in [2.24, 2.45) is 10.8 Å². The van der Waals surface area contributed by atoms with E-state index in [1.165, 1.54) is 0 Å². The van der Waals surface area contributed by atoms with Gasteiger partial charge in [0.2, 0.25) is 5.91 Å². The Hall–Kier alpha value is -0.570. The largest absolute Gasteiger partial charge is 0.356 e. The first-order valence-electron chi connectivity index (χ1n) is 6.85. The predicted molar refractivity (Wildman–Crippen MR) is 71.9 cm³/mol. The number of nitrogens with one attached hydrogen (secondary N) is 1. The lowest BCUT2D eigenvalue weighted by Gasteiger charge is -2.20. The predicted octanol–water partition coefficient (Wildman–Crippen LogP) is 2.27. The van der Waals surface area contributed by atoms with Crippen LogP contribution >= 0.6 is 0 Å². The van der Waals surface area contributed by atoms with Crippen LogP contribution in [0.4, 0.5) is 0 Å². The van der Waals surface area contributed by atoms with Gasteiger partial charge in [0, 0.05) is 6.54 Å². The molecule has 0 aromatic heterocycles. The Morgan fingerprint density at radius 1 is 1.29 bits per heavy atom. The topological polar surface area (TPSA) is 32.3 Å². The molecule has 3 nitrogen and oxygen atoms in total. The summed E-state index contributed by atoms with van der Waals surface area (Å²) in [7, 11) is 4.12. The minimum atomic E-state index is -0.0696. The fraction of sp³-hybridized carbons (Fsp3) is 0.929. The second kappa shape index (κ2) is 5.38. The zero-order valence-electron chi connectivity index (χ0n) is 12.1. The van der Waals surface area contributed by atoms with Crippen molar-refractivity contribution in [3.8, 4) is 0 Å². The van der Waals surface area contributed by atoms with Gasteiger partial charge in [-0.2, -0.15) is 0 Å². The van der Waals surface area contributed by atoms with Crippen LogP contribution in [0.5, 0.6) is 0 Å². The van der Waals surface area contributed by atoms with Crippen LogP contribution in [-0.4, -0.2) is 38.0 Å². The standard InChI is InChI=1S/C14H28N2O/c1-6-13(3)11-14(13,7-2)12(17)15-9-8-10-16(4)5/h6-11H2,1-5H3,(H,15,17). The average molecular weight is 240 g/mol. The van der Waals surface area contributed by atoms with Gasteiger partial charge in [0.25, 0.3) is 0 Å². The molecule has 1 rings (SSSR count). The van der Waals surface area contributed by atoms with E-state index in [0.29, 0.717) is 0 Å². The van der Waals surface area contributed by atoms with Crippen molar-refractivity contribution in [2.45, 2.75) is 46.5 Å².